The van der Waals surface area contributed by atoms with Crippen LogP contribution in [0.1, 0.15) is 18.2 Å². The van der Waals surface area contributed by atoms with E-state index in [2.05, 4.69) is 31.2 Å². The number of hydrogen-bond donors (Lipinski definition) is 0. The van der Waals surface area contributed by atoms with E-state index in [9.17, 15) is 4.79 Å². The zero-order valence-electron chi connectivity index (χ0n) is 15.0. The smallest absolute Gasteiger partial charge is 0.268 e. The van der Waals surface area contributed by atoms with Crippen LogP contribution in [0.15, 0.2) is 81.6 Å². The first-order valence-corrected chi connectivity index (χ1v) is 10.8. The van der Waals surface area contributed by atoms with Crippen molar-refractivity contribution in [2.75, 3.05) is 5.75 Å². The molecule has 0 saturated heterocycles. The molecular weight excluding hydrogens is 372 g/mol. The molecule has 0 radical (unpaired) electrons. The lowest BCUT2D eigenvalue weighted by Crippen LogP contribution is -2.23. The summed E-state index contributed by atoms with van der Waals surface area (Å²) in [5, 5.41) is 1.17. The Kier molecular flexibility index (Phi) is 5.50. The molecule has 1 unspecified atom stereocenters. The van der Waals surface area contributed by atoms with E-state index in [-0.39, 0.29) is 5.56 Å². The second-order valence-electron chi connectivity index (χ2n) is 6.40. The fraction of sp³-hybridized carbons (Fsp3) is 0.182. The molecule has 0 aliphatic carbocycles. The molecule has 0 N–H and O–H groups in total. The third-order valence-corrected chi connectivity index (χ3v) is 6.42. The molecule has 1 aliphatic heterocycles. The number of aromatic nitrogens is 2. The van der Waals surface area contributed by atoms with Gasteiger partial charge in [-0.25, -0.2) is 4.98 Å². The Labute approximate surface area is 167 Å². The van der Waals surface area contributed by atoms with Crippen molar-refractivity contribution in [1.82, 2.24) is 9.55 Å². The molecule has 136 valence electrons. The van der Waals surface area contributed by atoms with Crippen LogP contribution in [-0.4, -0.2) is 20.6 Å². The van der Waals surface area contributed by atoms with E-state index in [1.54, 1.807) is 28.1 Å². The molecule has 1 aliphatic rings. The van der Waals surface area contributed by atoms with Crippen LogP contribution in [0, 0.1) is 0 Å². The lowest BCUT2D eigenvalue weighted by Gasteiger charge is -2.13. The van der Waals surface area contributed by atoms with Gasteiger partial charge in [0.15, 0.2) is 5.16 Å². The fourth-order valence-corrected chi connectivity index (χ4v) is 5.01. The Morgan fingerprint density at radius 3 is 2.59 bits per heavy atom. The van der Waals surface area contributed by atoms with Crippen molar-refractivity contribution in [2.45, 2.75) is 28.6 Å². The van der Waals surface area contributed by atoms with Crippen LogP contribution in [0.3, 0.4) is 0 Å². The molecule has 3 aromatic rings. The predicted molar refractivity (Wildman–Crippen MR) is 115 cm³/mol. The summed E-state index contributed by atoms with van der Waals surface area (Å²) in [5.74, 6) is 0.760. The summed E-state index contributed by atoms with van der Waals surface area (Å²) >= 11 is 3.24. The Morgan fingerprint density at radius 2 is 1.85 bits per heavy atom. The Morgan fingerprint density at radius 1 is 1.15 bits per heavy atom. The maximum absolute atomic E-state index is 13.2. The van der Waals surface area contributed by atoms with Gasteiger partial charge in [-0.2, -0.15) is 0 Å². The summed E-state index contributed by atoms with van der Waals surface area (Å²) in [6.45, 7) is 2.15. The molecule has 1 atom stereocenters. The maximum atomic E-state index is 13.2. The summed E-state index contributed by atoms with van der Waals surface area (Å²) in [4.78, 5) is 18.8. The fourth-order valence-electron chi connectivity index (χ4n) is 3.07. The van der Waals surface area contributed by atoms with Crippen LogP contribution in [0.25, 0.3) is 11.8 Å². The first-order valence-electron chi connectivity index (χ1n) is 8.95. The molecule has 27 heavy (non-hydrogen) atoms. The highest BCUT2D eigenvalue weighted by molar-refractivity contribution is 8.00. The number of para-hydroxylation sites is 1. The summed E-state index contributed by atoms with van der Waals surface area (Å²) in [5.41, 5.74) is 3.03. The second kappa shape index (κ2) is 8.19. The third kappa shape index (κ3) is 4.04. The Balaban J connectivity index is 1.65. The molecule has 2 aromatic carbocycles. The van der Waals surface area contributed by atoms with Gasteiger partial charge < -0.3 is 0 Å². The molecular formula is C22H20N2OS2. The largest absolute Gasteiger partial charge is 0.272 e. The van der Waals surface area contributed by atoms with Crippen LogP contribution in [0.5, 0.6) is 0 Å². The standard InChI is InChI=1S/C22H20N2OS2/c1-16-15-19-20(27-16)21(25)24(18-12-6-3-7-13-18)22(23-19)26-14-8-11-17-9-4-2-5-10-17/h2-13,16H,14-15H2,1H3. The van der Waals surface area contributed by atoms with Crippen LogP contribution in [0.4, 0.5) is 0 Å². The van der Waals surface area contributed by atoms with Crippen molar-refractivity contribution >= 4 is 29.6 Å². The van der Waals surface area contributed by atoms with Gasteiger partial charge in [-0.05, 0) is 17.7 Å². The average molecular weight is 393 g/mol. The third-order valence-electron chi connectivity index (χ3n) is 4.31. The second-order valence-corrected chi connectivity index (χ2v) is 8.84. The molecule has 0 bridgehead atoms. The molecule has 2 heterocycles. The Hall–Kier alpha value is -2.24. The van der Waals surface area contributed by atoms with E-state index < -0.39 is 0 Å². The summed E-state index contributed by atoms with van der Waals surface area (Å²) < 4.78 is 1.75. The van der Waals surface area contributed by atoms with Gasteiger partial charge in [0.25, 0.3) is 5.56 Å². The van der Waals surface area contributed by atoms with Crippen molar-refractivity contribution in [2.24, 2.45) is 0 Å². The zero-order chi connectivity index (χ0) is 18.6. The van der Waals surface area contributed by atoms with E-state index in [4.69, 9.17) is 4.98 Å². The number of hydrogen-bond acceptors (Lipinski definition) is 4. The monoisotopic (exact) mass is 392 g/mol. The van der Waals surface area contributed by atoms with Crippen LogP contribution in [0.2, 0.25) is 0 Å². The van der Waals surface area contributed by atoms with E-state index in [0.717, 1.165) is 33.6 Å². The SMILES string of the molecule is CC1Cc2nc(SCC=Cc3ccccc3)n(-c3ccccc3)c(=O)c2S1. The summed E-state index contributed by atoms with van der Waals surface area (Å²) in [6, 6.07) is 20.0. The van der Waals surface area contributed by atoms with Gasteiger partial charge in [-0.15, -0.1) is 11.8 Å². The van der Waals surface area contributed by atoms with E-state index in [0.29, 0.717) is 5.25 Å². The molecule has 0 saturated carbocycles. The van der Waals surface area contributed by atoms with Crippen LogP contribution < -0.4 is 5.56 Å². The van der Waals surface area contributed by atoms with Crippen molar-refractivity contribution in [3.8, 4) is 5.69 Å². The van der Waals surface area contributed by atoms with Gasteiger partial charge in [0.1, 0.15) is 0 Å². The zero-order valence-corrected chi connectivity index (χ0v) is 16.7. The van der Waals surface area contributed by atoms with E-state index >= 15 is 0 Å². The average Bonchev–Trinajstić information content (AvgIpc) is 3.07. The van der Waals surface area contributed by atoms with Gasteiger partial charge in [-0.1, -0.05) is 79.4 Å². The molecule has 0 amide bonds. The quantitative estimate of drug-likeness (QED) is 0.448. The normalized spacial score (nSPS) is 16.0. The highest BCUT2D eigenvalue weighted by Crippen LogP contribution is 2.34. The minimum absolute atomic E-state index is 0.0510. The number of nitrogens with zero attached hydrogens (tertiary/aromatic N) is 2. The number of rotatable bonds is 5. The van der Waals surface area contributed by atoms with E-state index in [1.807, 2.05) is 48.5 Å². The van der Waals surface area contributed by atoms with E-state index in [1.165, 1.54) is 5.56 Å². The molecule has 4 rings (SSSR count). The number of benzene rings is 2. The highest BCUT2D eigenvalue weighted by atomic mass is 32.2. The molecule has 1 aromatic heterocycles. The van der Waals surface area contributed by atoms with Crippen molar-refractivity contribution in [3.05, 3.63) is 88.4 Å². The maximum Gasteiger partial charge on any atom is 0.272 e. The first-order chi connectivity index (χ1) is 13.2. The Bertz CT molecular complexity index is 1010. The van der Waals surface area contributed by atoms with Crippen LogP contribution in [-0.2, 0) is 6.42 Å². The summed E-state index contributed by atoms with van der Waals surface area (Å²) in [6.07, 6.45) is 5.08. The molecule has 0 fully saturated rings. The molecule has 3 nitrogen and oxygen atoms in total. The number of fused-ring (bicyclic) bond motifs is 1. The summed E-state index contributed by atoms with van der Waals surface area (Å²) in [7, 11) is 0. The van der Waals surface area contributed by atoms with Crippen molar-refractivity contribution < 1.29 is 0 Å². The number of thioether (sulfide) groups is 2. The van der Waals surface area contributed by atoms with Crippen molar-refractivity contribution in [1.29, 1.82) is 0 Å². The molecule has 5 heteroatoms. The van der Waals surface area contributed by atoms with Crippen molar-refractivity contribution in [3.63, 3.8) is 0 Å². The lowest BCUT2D eigenvalue weighted by molar-refractivity contribution is 0.731. The van der Waals surface area contributed by atoms with Gasteiger partial charge in [0.2, 0.25) is 0 Å². The topological polar surface area (TPSA) is 34.9 Å². The van der Waals surface area contributed by atoms with Crippen LogP contribution >= 0.6 is 23.5 Å². The van der Waals surface area contributed by atoms with Gasteiger partial charge in [0.05, 0.1) is 16.3 Å². The predicted octanol–water partition coefficient (Wildman–Crippen LogP) is 5.07. The lowest BCUT2D eigenvalue weighted by atomic mass is 10.2. The van der Waals surface area contributed by atoms with Gasteiger partial charge in [-0.3, -0.25) is 9.36 Å². The van der Waals surface area contributed by atoms with Gasteiger partial charge in [0, 0.05) is 17.4 Å². The van der Waals surface area contributed by atoms with Gasteiger partial charge >= 0.3 is 0 Å². The minimum Gasteiger partial charge on any atom is -0.268 e. The minimum atomic E-state index is 0.0510. The first kappa shape index (κ1) is 18.1. The highest BCUT2D eigenvalue weighted by Gasteiger charge is 2.26. The molecule has 0 spiro atoms.